The summed E-state index contributed by atoms with van der Waals surface area (Å²) in [6, 6.07) is 28.7. The molecular weight excluding hydrogens is 580 g/mol. The smallest absolute Gasteiger partial charge is 0.404 e. The number of rotatable bonds is 10. The second kappa shape index (κ2) is 12.8. The van der Waals surface area contributed by atoms with Gasteiger partial charge in [-0.3, -0.25) is 0 Å². The van der Waals surface area contributed by atoms with Gasteiger partial charge in [-0.2, -0.15) is 26.3 Å². The van der Waals surface area contributed by atoms with E-state index >= 15 is 0 Å². The van der Waals surface area contributed by atoms with Crippen LogP contribution >= 0.6 is 0 Å². The lowest BCUT2D eigenvalue weighted by Gasteiger charge is -2.29. The van der Waals surface area contributed by atoms with Gasteiger partial charge < -0.3 is 19.9 Å². The fourth-order valence-corrected chi connectivity index (χ4v) is 5.39. The molecule has 226 valence electrons. The molecule has 0 aromatic heterocycles. The second-order valence-electron chi connectivity index (χ2n) is 10.3. The van der Waals surface area contributed by atoms with E-state index in [1.54, 1.807) is 60.7 Å². The number of fused-ring (bicyclic) bond motifs is 2. The van der Waals surface area contributed by atoms with E-state index < -0.39 is 38.4 Å². The first-order chi connectivity index (χ1) is 20.9. The molecule has 0 bridgehead atoms. The first-order valence-corrected chi connectivity index (χ1v) is 13.9. The minimum Gasteiger partial charge on any atom is -0.404 e. The summed E-state index contributed by atoms with van der Waals surface area (Å²) in [6.45, 7) is -2.03. The van der Waals surface area contributed by atoms with Crippen LogP contribution in [-0.2, 0) is 9.31 Å². The van der Waals surface area contributed by atoms with Gasteiger partial charge in [-0.25, -0.2) is 0 Å². The fourth-order valence-electron chi connectivity index (χ4n) is 5.39. The number of anilines is 2. The van der Waals surface area contributed by atoms with Crippen molar-refractivity contribution in [3.05, 3.63) is 109 Å². The van der Waals surface area contributed by atoms with Gasteiger partial charge in [0.1, 0.15) is 12.5 Å². The molecule has 0 aliphatic rings. The van der Waals surface area contributed by atoms with Crippen LogP contribution in [0.1, 0.15) is 13.8 Å². The van der Waals surface area contributed by atoms with Crippen molar-refractivity contribution < 1.29 is 35.7 Å². The molecule has 5 aromatic rings. The lowest BCUT2D eigenvalue weighted by atomic mass is 9.52. The molecule has 44 heavy (non-hydrogen) atoms. The monoisotopic (exact) mass is 608 g/mol. The average molecular weight is 608 g/mol. The van der Waals surface area contributed by atoms with Crippen molar-refractivity contribution >= 4 is 57.7 Å². The lowest BCUT2D eigenvalue weighted by molar-refractivity contribution is -0.0669. The van der Waals surface area contributed by atoms with Gasteiger partial charge >= 0.3 is 26.0 Å². The Labute approximate surface area is 251 Å². The molecule has 2 unspecified atom stereocenters. The standard InChI is InChI=1S/C32H28B2F6N2O2/c1-21(41-23-13-5-3-6-14-23)43-33(31(35,36)37)29-25-17-9-11-19-27(25)30(28-20-12-10-18-26(28)29)34(32(38,39)40)44-22(2)42-24-15-7-4-8-16-24/h3-22,41-42H,1-2H3. The van der Waals surface area contributed by atoms with Gasteiger partial charge in [0.25, 0.3) is 0 Å². The van der Waals surface area contributed by atoms with Gasteiger partial charge in [0, 0.05) is 11.4 Å². The average Bonchev–Trinajstić information content (AvgIpc) is 2.98. The summed E-state index contributed by atoms with van der Waals surface area (Å²) < 4.78 is 100. The van der Waals surface area contributed by atoms with E-state index in [2.05, 4.69) is 10.6 Å². The van der Waals surface area contributed by atoms with Crippen LogP contribution in [0.15, 0.2) is 109 Å². The molecule has 2 atom stereocenters. The van der Waals surface area contributed by atoms with Crippen LogP contribution in [0.2, 0.25) is 0 Å². The van der Waals surface area contributed by atoms with Gasteiger partial charge in [0.2, 0.25) is 0 Å². The van der Waals surface area contributed by atoms with Crippen LogP contribution < -0.4 is 21.6 Å². The van der Waals surface area contributed by atoms with Crippen LogP contribution in [0.5, 0.6) is 0 Å². The third-order valence-electron chi connectivity index (χ3n) is 7.10. The van der Waals surface area contributed by atoms with Crippen molar-refractivity contribution in [2.75, 3.05) is 10.6 Å². The first-order valence-electron chi connectivity index (χ1n) is 13.9. The van der Waals surface area contributed by atoms with Gasteiger partial charge in [-0.15, -0.1) is 0 Å². The van der Waals surface area contributed by atoms with Gasteiger partial charge in [-0.1, -0.05) is 84.9 Å². The van der Waals surface area contributed by atoms with E-state index in [0.29, 0.717) is 11.4 Å². The van der Waals surface area contributed by atoms with Crippen molar-refractivity contribution in [3.63, 3.8) is 0 Å². The minimum atomic E-state index is -4.90. The topological polar surface area (TPSA) is 42.5 Å². The van der Waals surface area contributed by atoms with Crippen molar-refractivity contribution in [2.45, 2.75) is 38.5 Å². The quantitative estimate of drug-likeness (QED) is 0.0745. The molecule has 12 heteroatoms. The van der Waals surface area contributed by atoms with E-state index in [0.717, 1.165) is 0 Å². The maximum absolute atomic E-state index is 14.8. The molecule has 0 amide bonds. The summed E-state index contributed by atoms with van der Waals surface area (Å²) in [5.74, 6) is 0. The molecule has 0 aliphatic heterocycles. The third kappa shape index (κ3) is 6.97. The maximum Gasteiger partial charge on any atom is 0.455 e. The molecule has 0 radical (unpaired) electrons. The third-order valence-corrected chi connectivity index (χ3v) is 7.10. The highest BCUT2D eigenvalue weighted by Gasteiger charge is 2.53. The molecular formula is C32H28B2F6N2O2. The Morgan fingerprint density at radius 2 is 0.750 bits per heavy atom. The van der Waals surface area contributed by atoms with E-state index in [1.165, 1.54) is 62.4 Å². The molecule has 0 heterocycles. The number of nitrogens with one attached hydrogen (secondary N) is 2. The van der Waals surface area contributed by atoms with Crippen molar-refractivity contribution in [3.8, 4) is 0 Å². The highest BCUT2D eigenvalue weighted by atomic mass is 19.4. The number of benzene rings is 5. The zero-order chi connectivity index (χ0) is 31.5. The largest absolute Gasteiger partial charge is 0.455 e. The zero-order valence-electron chi connectivity index (χ0n) is 23.8. The summed E-state index contributed by atoms with van der Waals surface area (Å²) in [5.41, 5.74) is 0.555. The highest BCUT2D eigenvalue weighted by Crippen LogP contribution is 2.31. The van der Waals surface area contributed by atoms with Crippen LogP contribution in [0.4, 0.5) is 37.7 Å². The Morgan fingerprint density at radius 3 is 1.02 bits per heavy atom. The molecule has 0 saturated heterocycles. The van der Waals surface area contributed by atoms with Gasteiger partial charge in [-0.05, 0) is 70.6 Å². The number of hydrogen-bond acceptors (Lipinski definition) is 4. The van der Waals surface area contributed by atoms with Crippen LogP contribution in [0.25, 0.3) is 21.5 Å². The molecule has 0 spiro atoms. The molecule has 0 aliphatic carbocycles. The maximum atomic E-state index is 14.8. The summed E-state index contributed by atoms with van der Waals surface area (Å²) in [5, 5.41) is 5.74. The Kier molecular flexibility index (Phi) is 9.12. The summed E-state index contributed by atoms with van der Waals surface area (Å²) in [6.07, 6.45) is -12.0. The SMILES string of the molecule is CC(Nc1ccccc1)OB(c1c2ccccc2c(B(OC(C)Nc2ccccc2)C(F)(F)F)c2ccccc12)C(F)(F)F. The number of alkyl halides is 6. The zero-order valence-corrected chi connectivity index (χ0v) is 23.8. The molecule has 0 saturated carbocycles. The van der Waals surface area contributed by atoms with E-state index in [4.69, 9.17) is 9.31 Å². The Balaban J connectivity index is 1.65. The van der Waals surface area contributed by atoms with Crippen LogP contribution in [-0.4, -0.2) is 38.4 Å². The molecule has 5 rings (SSSR count). The first kappa shape index (κ1) is 31.3. The number of para-hydroxylation sites is 2. The van der Waals surface area contributed by atoms with E-state index in [-0.39, 0.29) is 32.5 Å². The molecule has 5 aromatic carbocycles. The lowest BCUT2D eigenvalue weighted by Crippen LogP contribution is -2.54. The summed E-state index contributed by atoms with van der Waals surface area (Å²) in [4.78, 5) is 0. The summed E-state index contributed by atoms with van der Waals surface area (Å²) in [7, 11) is 0. The van der Waals surface area contributed by atoms with Crippen molar-refractivity contribution in [2.24, 2.45) is 0 Å². The van der Waals surface area contributed by atoms with E-state index in [1.807, 2.05) is 0 Å². The molecule has 0 fully saturated rings. The Morgan fingerprint density at radius 1 is 0.477 bits per heavy atom. The fraction of sp³-hybridized carbons (Fsp3) is 0.188. The Hall–Kier alpha value is -4.15. The van der Waals surface area contributed by atoms with Gasteiger partial charge in [0.15, 0.2) is 0 Å². The molecule has 4 nitrogen and oxygen atoms in total. The van der Waals surface area contributed by atoms with Gasteiger partial charge in [0.05, 0.1) is 0 Å². The minimum absolute atomic E-state index is 0.0167. The normalized spacial score (nSPS) is 13.5. The van der Waals surface area contributed by atoms with Crippen molar-refractivity contribution in [1.29, 1.82) is 0 Å². The van der Waals surface area contributed by atoms with Crippen LogP contribution in [0.3, 0.4) is 0 Å². The number of hydrogen-bond donors (Lipinski definition) is 2. The summed E-state index contributed by atoms with van der Waals surface area (Å²) >= 11 is 0. The molecule has 2 N–H and O–H groups in total. The Bertz CT molecular complexity index is 1520. The highest BCUT2D eigenvalue weighted by molar-refractivity contribution is 6.79. The predicted octanol–water partition coefficient (Wildman–Crippen LogP) is 7.54. The van der Waals surface area contributed by atoms with Crippen molar-refractivity contribution in [1.82, 2.24) is 0 Å². The number of halogens is 6. The predicted molar refractivity (Wildman–Crippen MR) is 166 cm³/mol. The second-order valence-corrected chi connectivity index (χ2v) is 10.3. The van der Waals surface area contributed by atoms with Crippen LogP contribution in [0, 0.1) is 0 Å². The van der Waals surface area contributed by atoms with E-state index in [9.17, 15) is 26.3 Å².